The molecule has 2 aliphatic carbocycles. The summed E-state index contributed by atoms with van der Waals surface area (Å²) in [6, 6.07) is 4.26. The van der Waals surface area contributed by atoms with Gasteiger partial charge in [0.1, 0.15) is 5.75 Å². The first kappa shape index (κ1) is 12.2. The van der Waals surface area contributed by atoms with Crippen LogP contribution in [0.1, 0.15) is 36.0 Å². The molecule has 0 amide bonds. The van der Waals surface area contributed by atoms with Crippen LogP contribution in [0.3, 0.4) is 0 Å². The highest BCUT2D eigenvalue weighted by atomic mass is 16.5. The number of hydrogen-bond acceptors (Lipinski definition) is 4. The van der Waals surface area contributed by atoms with E-state index < -0.39 is 17.1 Å². The third-order valence-electron chi connectivity index (χ3n) is 6.30. The first-order valence-corrected chi connectivity index (χ1v) is 7.86. The van der Waals surface area contributed by atoms with E-state index in [9.17, 15) is 9.90 Å². The molecule has 5 rings (SSSR count). The second-order valence-corrected chi connectivity index (χ2v) is 7.07. The van der Waals surface area contributed by atoms with Crippen molar-refractivity contribution in [2.45, 2.75) is 55.8 Å². The van der Waals surface area contributed by atoms with Crippen LogP contribution in [0, 0.1) is 6.92 Å². The van der Waals surface area contributed by atoms with E-state index in [0.29, 0.717) is 12.8 Å². The average molecular weight is 285 g/mol. The largest absolute Gasteiger partial charge is 0.481 e. The van der Waals surface area contributed by atoms with Gasteiger partial charge >= 0.3 is 0 Å². The van der Waals surface area contributed by atoms with E-state index in [1.54, 1.807) is 0 Å². The smallest absolute Gasteiger partial charge is 0.174 e. The van der Waals surface area contributed by atoms with Crippen LogP contribution in [-0.2, 0) is 16.6 Å². The van der Waals surface area contributed by atoms with Crippen molar-refractivity contribution in [2.24, 2.45) is 0 Å². The van der Waals surface area contributed by atoms with Crippen LogP contribution in [0.2, 0.25) is 0 Å². The normalized spacial score (nSPS) is 42.5. The number of carbonyl (C=O) groups is 1. The van der Waals surface area contributed by atoms with Crippen LogP contribution in [0.25, 0.3) is 0 Å². The van der Waals surface area contributed by atoms with E-state index in [-0.39, 0.29) is 11.8 Å². The van der Waals surface area contributed by atoms with Gasteiger partial charge in [0.25, 0.3) is 0 Å². The highest BCUT2D eigenvalue weighted by molar-refractivity contribution is 5.89. The second kappa shape index (κ2) is 3.50. The maximum atomic E-state index is 12.5. The minimum Gasteiger partial charge on any atom is -0.481 e. The van der Waals surface area contributed by atoms with E-state index in [0.717, 1.165) is 36.3 Å². The molecule has 1 aromatic carbocycles. The average Bonchev–Trinajstić information content (AvgIpc) is 2.80. The molecule has 4 nitrogen and oxygen atoms in total. The van der Waals surface area contributed by atoms with Gasteiger partial charge in [-0.15, -0.1) is 0 Å². The molecular weight excluding hydrogens is 266 g/mol. The molecule has 0 unspecified atom stereocenters. The Kier molecular flexibility index (Phi) is 2.03. The zero-order chi connectivity index (χ0) is 14.4. The van der Waals surface area contributed by atoms with E-state index >= 15 is 0 Å². The summed E-state index contributed by atoms with van der Waals surface area (Å²) >= 11 is 0. The molecule has 4 aliphatic rings. The van der Waals surface area contributed by atoms with Crippen LogP contribution in [0.15, 0.2) is 12.1 Å². The third kappa shape index (κ3) is 1.12. The molecule has 110 valence electrons. The number of aryl methyl sites for hydroxylation is 1. The molecule has 1 spiro atoms. The Morgan fingerprint density at radius 1 is 1.38 bits per heavy atom. The molecule has 2 fully saturated rings. The number of hydrogen-bond donors (Lipinski definition) is 2. The van der Waals surface area contributed by atoms with Gasteiger partial charge in [-0.25, -0.2) is 0 Å². The van der Waals surface area contributed by atoms with Gasteiger partial charge in [-0.3, -0.25) is 4.79 Å². The van der Waals surface area contributed by atoms with Gasteiger partial charge in [0.2, 0.25) is 0 Å². The molecule has 4 heteroatoms. The number of benzene rings is 1. The predicted octanol–water partition coefficient (Wildman–Crippen LogP) is 1.01. The van der Waals surface area contributed by atoms with Gasteiger partial charge in [0.15, 0.2) is 11.9 Å². The van der Waals surface area contributed by atoms with Gasteiger partial charge in [-0.2, -0.15) is 0 Å². The summed E-state index contributed by atoms with van der Waals surface area (Å²) < 4.78 is 6.15. The van der Waals surface area contributed by atoms with E-state index in [1.807, 2.05) is 6.92 Å². The lowest BCUT2D eigenvalue weighted by molar-refractivity contribution is -0.166. The van der Waals surface area contributed by atoms with Crippen molar-refractivity contribution in [3.63, 3.8) is 0 Å². The van der Waals surface area contributed by atoms with Crippen molar-refractivity contribution >= 4 is 5.78 Å². The fraction of sp³-hybridized carbons (Fsp3) is 0.588. The standard InChI is InChI=1S/C17H19NO3/c1-9-2-3-10-8-12-17(20)5-4-11(19)15-16(17,6-7-18-12)13(10)14(9)21-15/h2-3,12,15,18,20H,4-8H2,1H3/t12-,15+,16+,17-/m0/s1. The lowest BCUT2D eigenvalue weighted by Crippen LogP contribution is -2.76. The van der Waals surface area contributed by atoms with Gasteiger partial charge < -0.3 is 15.2 Å². The molecule has 2 heterocycles. The van der Waals surface area contributed by atoms with Crippen LogP contribution >= 0.6 is 0 Å². The lowest BCUT2D eigenvalue weighted by Gasteiger charge is -2.59. The Balaban J connectivity index is 1.89. The van der Waals surface area contributed by atoms with Gasteiger partial charge in [0.05, 0.1) is 11.0 Å². The molecule has 21 heavy (non-hydrogen) atoms. The van der Waals surface area contributed by atoms with Crippen molar-refractivity contribution in [2.75, 3.05) is 6.54 Å². The number of carbonyl (C=O) groups excluding carboxylic acids is 1. The molecule has 2 N–H and O–H groups in total. The third-order valence-corrected chi connectivity index (χ3v) is 6.30. The van der Waals surface area contributed by atoms with Gasteiger partial charge in [-0.05, 0) is 43.9 Å². The van der Waals surface area contributed by atoms with E-state index in [2.05, 4.69) is 17.4 Å². The zero-order valence-electron chi connectivity index (χ0n) is 12.1. The Labute approximate surface area is 123 Å². The van der Waals surface area contributed by atoms with Crippen LogP contribution < -0.4 is 10.1 Å². The number of piperidine rings is 1. The van der Waals surface area contributed by atoms with E-state index in [1.165, 1.54) is 5.56 Å². The fourth-order valence-electron chi connectivity index (χ4n) is 5.37. The highest BCUT2D eigenvalue weighted by Gasteiger charge is 2.71. The Morgan fingerprint density at radius 2 is 2.24 bits per heavy atom. The molecule has 0 radical (unpaired) electrons. The number of ketones is 1. The molecule has 1 aromatic rings. The van der Waals surface area contributed by atoms with Crippen molar-refractivity contribution < 1.29 is 14.6 Å². The molecule has 2 bridgehead atoms. The summed E-state index contributed by atoms with van der Waals surface area (Å²) in [5.74, 6) is 1.02. The van der Waals surface area contributed by atoms with Gasteiger partial charge in [-0.1, -0.05) is 12.1 Å². The summed E-state index contributed by atoms with van der Waals surface area (Å²) in [6.45, 7) is 2.87. The molecule has 0 aromatic heterocycles. The van der Waals surface area contributed by atoms with Crippen molar-refractivity contribution in [3.8, 4) is 5.75 Å². The van der Waals surface area contributed by atoms with Crippen LogP contribution in [0.5, 0.6) is 5.75 Å². The minimum absolute atomic E-state index is 0.0339. The van der Waals surface area contributed by atoms with Crippen molar-refractivity contribution in [1.29, 1.82) is 0 Å². The second-order valence-electron chi connectivity index (χ2n) is 7.07. The van der Waals surface area contributed by atoms with Crippen molar-refractivity contribution in [3.05, 3.63) is 28.8 Å². The minimum atomic E-state index is -0.851. The monoisotopic (exact) mass is 285 g/mol. The summed E-state index contributed by atoms with van der Waals surface area (Å²) in [5, 5.41) is 15.0. The van der Waals surface area contributed by atoms with Crippen molar-refractivity contribution in [1.82, 2.24) is 5.32 Å². The number of ether oxygens (including phenoxy) is 1. The van der Waals surface area contributed by atoms with Gasteiger partial charge in [0, 0.05) is 18.0 Å². The number of nitrogens with one attached hydrogen (secondary N) is 1. The summed E-state index contributed by atoms with van der Waals surface area (Å²) in [5.41, 5.74) is 2.09. The lowest BCUT2D eigenvalue weighted by atomic mass is 9.49. The Hall–Kier alpha value is -1.39. The number of aliphatic hydroxyl groups is 1. The molecule has 1 saturated carbocycles. The molecule has 4 atom stereocenters. The Morgan fingerprint density at radius 3 is 3.10 bits per heavy atom. The number of Topliss-reactive ketones (excluding diaryl/α,β-unsaturated/α-hetero) is 1. The molecule has 1 saturated heterocycles. The summed E-state index contributed by atoms with van der Waals surface area (Å²) in [7, 11) is 0. The Bertz CT molecular complexity index is 685. The van der Waals surface area contributed by atoms with Crippen LogP contribution in [-0.4, -0.2) is 35.2 Å². The first-order chi connectivity index (χ1) is 10.1. The fourth-order valence-corrected chi connectivity index (χ4v) is 5.37. The summed E-state index contributed by atoms with van der Waals surface area (Å²) in [4.78, 5) is 12.5. The summed E-state index contributed by atoms with van der Waals surface area (Å²) in [6.07, 6.45) is 2.08. The maximum Gasteiger partial charge on any atom is 0.174 e. The zero-order valence-corrected chi connectivity index (χ0v) is 12.1. The topological polar surface area (TPSA) is 58.6 Å². The first-order valence-electron chi connectivity index (χ1n) is 7.86. The van der Waals surface area contributed by atoms with E-state index in [4.69, 9.17) is 4.74 Å². The van der Waals surface area contributed by atoms with Crippen LogP contribution in [0.4, 0.5) is 0 Å². The predicted molar refractivity (Wildman–Crippen MR) is 76.6 cm³/mol. The number of rotatable bonds is 0. The maximum absolute atomic E-state index is 12.5. The quantitative estimate of drug-likeness (QED) is 0.747. The molecular formula is C17H19NO3. The SMILES string of the molecule is Cc1ccc2c3c1O[C@@H]1C(=O)CC[C@]4(O)[C@H](C2)NCC[C@@]314. The molecule has 2 aliphatic heterocycles. The highest BCUT2D eigenvalue weighted by Crippen LogP contribution is 2.62.